The van der Waals surface area contributed by atoms with Crippen LogP contribution in [0, 0.1) is 19.7 Å². The second-order valence-corrected chi connectivity index (χ2v) is 3.77. The van der Waals surface area contributed by atoms with E-state index in [1.54, 1.807) is 14.0 Å². The largest absolute Gasteiger partial charge is 0.388 e. The number of aliphatic hydroxyl groups is 1. The van der Waals surface area contributed by atoms with Crippen molar-refractivity contribution < 1.29 is 14.2 Å². The Bertz CT molecular complexity index is 313. The molecule has 2 nitrogen and oxygen atoms in total. The van der Waals surface area contributed by atoms with E-state index in [0.717, 1.165) is 11.1 Å². The van der Waals surface area contributed by atoms with E-state index in [1.807, 2.05) is 13.0 Å². The molecule has 1 atom stereocenters. The number of methoxy groups -OCH3 is 1. The summed E-state index contributed by atoms with van der Waals surface area (Å²) in [6, 6.07) is 3.31. The normalized spacial score (nSPS) is 12.9. The van der Waals surface area contributed by atoms with Gasteiger partial charge in [-0.15, -0.1) is 0 Å². The number of aryl methyl sites for hydroxylation is 2. The Labute approximate surface area is 89.7 Å². The molecule has 0 amide bonds. The van der Waals surface area contributed by atoms with Gasteiger partial charge in [0.1, 0.15) is 5.82 Å². The molecule has 0 aliphatic carbocycles. The molecule has 1 N–H and O–H groups in total. The SMILES string of the molecule is COCCC(O)c1c(C)cc(C)cc1F. The van der Waals surface area contributed by atoms with Gasteiger partial charge in [-0.05, 0) is 31.0 Å². The van der Waals surface area contributed by atoms with Gasteiger partial charge in [0.15, 0.2) is 0 Å². The van der Waals surface area contributed by atoms with Gasteiger partial charge in [-0.2, -0.15) is 0 Å². The van der Waals surface area contributed by atoms with Crippen molar-refractivity contribution in [2.24, 2.45) is 0 Å². The molecular formula is C12H17FO2. The topological polar surface area (TPSA) is 29.5 Å². The number of halogens is 1. The third kappa shape index (κ3) is 3.01. The highest BCUT2D eigenvalue weighted by molar-refractivity contribution is 5.33. The average Bonchev–Trinajstić information content (AvgIpc) is 2.12. The summed E-state index contributed by atoms with van der Waals surface area (Å²) in [5.41, 5.74) is 2.04. The summed E-state index contributed by atoms with van der Waals surface area (Å²) in [5, 5.41) is 9.78. The lowest BCUT2D eigenvalue weighted by Crippen LogP contribution is -2.06. The Hall–Kier alpha value is -0.930. The molecule has 0 radical (unpaired) electrons. The zero-order valence-electron chi connectivity index (χ0n) is 9.38. The number of aliphatic hydroxyl groups excluding tert-OH is 1. The summed E-state index contributed by atoms with van der Waals surface area (Å²) in [5.74, 6) is -0.337. The van der Waals surface area contributed by atoms with Crippen LogP contribution in [-0.2, 0) is 4.74 Å². The Balaban J connectivity index is 2.92. The first-order valence-electron chi connectivity index (χ1n) is 5.00. The van der Waals surface area contributed by atoms with Gasteiger partial charge in [-0.3, -0.25) is 0 Å². The van der Waals surface area contributed by atoms with Crippen LogP contribution in [0.2, 0.25) is 0 Å². The standard InChI is InChI=1S/C12H17FO2/c1-8-6-9(2)12(10(13)7-8)11(14)4-5-15-3/h6-7,11,14H,4-5H2,1-3H3. The predicted molar refractivity (Wildman–Crippen MR) is 57.3 cm³/mol. The lowest BCUT2D eigenvalue weighted by atomic mass is 9.98. The number of ether oxygens (including phenoxy) is 1. The van der Waals surface area contributed by atoms with Gasteiger partial charge in [0.2, 0.25) is 0 Å². The van der Waals surface area contributed by atoms with Crippen LogP contribution in [0.3, 0.4) is 0 Å². The van der Waals surface area contributed by atoms with Gasteiger partial charge in [0.25, 0.3) is 0 Å². The molecule has 1 unspecified atom stereocenters. The van der Waals surface area contributed by atoms with Gasteiger partial charge in [-0.1, -0.05) is 6.07 Å². The van der Waals surface area contributed by atoms with E-state index >= 15 is 0 Å². The van der Waals surface area contributed by atoms with E-state index < -0.39 is 6.10 Å². The maximum absolute atomic E-state index is 13.6. The highest BCUT2D eigenvalue weighted by Crippen LogP contribution is 2.24. The highest BCUT2D eigenvalue weighted by Gasteiger charge is 2.15. The summed E-state index contributed by atoms with van der Waals surface area (Å²) < 4.78 is 18.4. The second-order valence-electron chi connectivity index (χ2n) is 3.77. The Morgan fingerprint density at radius 2 is 2.07 bits per heavy atom. The van der Waals surface area contributed by atoms with Crippen molar-refractivity contribution in [2.75, 3.05) is 13.7 Å². The molecule has 1 rings (SSSR count). The van der Waals surface area contributed by atoms with E-state index in [-0.39, 0.29) is 5.82 Å². The van der Waals surface area contributed by atoms with E-state index in [1.165, 1.54) is 6.07 Å². The maximum Gasteiger partial charge on any atom is 0.129 e. The summed E-state index contributed by atoms with van der Waals surface area (Å²) >= 11 is 0. The zero-order valence-corrected chi connectivity index (χ0v) is 9.38. The molecule has 0 aromatic heterocycles. The lowest BCUT2D eigenvalue weighted by Gasteiger charge is -2.15. The van der Waals surface area contributed by atoms with Crippen molar-refractivity contribution in [2.45, 2.75) is 26.4 Å². The van der Waals surface area contributed by atoms with Crippen molar-refractivity contribution in [1.82, 2.24) is 0 Å². The molecule has 0 bridgehead atoms. The Morgan fingerprint density at radius 3 is 2.60 bits per heavy atom. The summed E-state index contributed by atoms with van der Waals surface area (Å²) in [6.45, 7) is 4.07. The fourth-order valence-corrected chi connectivity index (χ4v) is 1.72. The number of benzene rings is 1. The van der Waals surface area contributed by atoms with Crippen LogP contribution in [0.1, 0.15) is 29.2 Å². The quantitative estimate of drug-likeness (QED) is 0.831. The molecule has 15 heavy (non-hydrogen) atoms. The van der Waals surface area contributed by atoms with Gasteiger partial charge in [0.05, 0.1) is 6.10 Å². The second kappa shape index (κ2) is 5.24. The fourth-order valence-electron chi connectivity index (χ4n) is 1.72. The summed E-state index contributed by atoms with van der Waals surface area (Å²) in [6.07, 6.45) is -0.373. The minimum Gasteiger partial charge on any atom is -0.388 e. The molecule has 1 aromatic rings. The van der Waals surface area contributed by atoms with Gasteiger partial charge in [0, 0.05) is 25.7 Å². The number of hydrogen-bond acceptors (Lipinski definition) is 2. The lowest BCUT2D eigenvalue weighted by molar-refractivity contribution is 0.107. The molecule has 0 spiro atoms. The molecule has 0 saturated heterocycles. The smallest absolute Gasteiger partial charge is 0.129 e. The van der Waals surface area contributed by atoms with Crippen molar-refractivity contribution in [1.29, 1.82) is 0 Å². The molecule has 0 aliphatic heterocycles. The van der Waals surface area contributed by atoms with Crippen LogP contribution < -0.4 is 0 Å². The van der Waals surface area contributed by atoms with Crippen molar-refractivity contribution >= 4 is 0 Å². The van der Waals surface area contributed by atoms with Crippen LogP contribution in [-0.4, -0.2) is 18.8 Å². The zero-order chi connectivity index (χ0) is 11.4. The summed E-state index contributed by atoms with van der Waals surface area (Å²) in [4.78, 5) is 0. The van der Waals surface area contributed by atoms with E-state index in [9.17, 15) is 9.50 Å². The molecule has 0 heterocycles. The van der Waals surface area contributed by atoms with Crippen LogP contribution in [0.15, 0.2) is 12.1 Å². The van der Waals surface area contributed by atoms with Gasteiger partial charge < -0.3 is 9.84 Å². The molecule has 1 aromatic carbocycles. The minimum absolute atomic E-state index is 0.337. The molecule has 3 heteroatoms. The number of rotatable bonds is 4. The van der Waals surface area contributed by atoms with E-state index in [2.05, 4.69) is 0 Å². The van der Waals surface area contributed by atoms with Crippen LogP contribution >= 0.6 is 0 Å². The molecule has 0 saturated carbocycles. The van der Waals surface area contributed by atoms with Crippen LogP contribution in [0.4, 0.5) is 4.39 Å². The third-order valence-corrected chi connectivity index (χ3v) is 2.41. The maximum atomic E-state index is 13.6. The Morgan fingerprint density at radius 1 is 1.40 bits per heavy atom. The fraction of sp³-hybridized carbons (Fsp3) is 0.500. The van der Waals surface area contributed by atoms with Crippen molar-refractivity contribution in [3.63, 3.8) is 0 Å². The van der Waals surface area contributed by atoms with Crippen molar-refractivity contribution in [3.05, 3.63) is 34.6 Å². The molecule has 84 valence electrons. The van der Waals surface area contributed by atoms with Crippen LogP contribution in [0.25, 0.3) is 0 Å². The van der Waals surface area contributed by atoms with Crippen molar-refractivity contribution in [3.8, 4) is 0 Å². The monoisotopic (exact) mass is 212 g/mol. The third-order valence-electron chi connectivity index (χ3n) is 2.41. The van der Waals surface area contributed by atoms with Gasteiger partial charge >= 0.3 is 0 Å². The van der Waals surface area contributed by atoms with E-state index in [0.29, 0.717) is 18.6 Å². The first kappa shape index (κ1) is 12.1. The number of hydrogen-bond donors (Lipinski definition) is 1. The van der Waals surface area contributed by atoms with Gasteiger partial charge in [-0.25, -0.2) is 4.39 Å². The first-order chi connectivity index (χ1) is 7.06. The highest BCUT2D eigenvalue weighted by atomic mass is 19.1. The molecular weight excluding hydrogens is 195 g/mol. The molecule has 0 fully saturated rings. The van der Waals surface area contributed by atoms with E-state index in [4.69, 9.17) is 4.74 Å². The minimum atomic E-state index is -0.787. The van der Waals surface area contributed by atoms with Crippen LogP contribution in [0.5, 0.6) is 0 Å². The average molecular weight is 212 g/mol. The first-order valence-corrected chi connectivity index (χ1v) is 5.00. The summed E-state index contributed by atoms with van der Waals surface area (Å²) in [7, 11) is 1.56. The predicted octanol–water partition coefficient (Wildman–Crippen LogP) is 2.51. The molecule has 0 aliphatic rings. The Kier molecular flexibility index (Phi) is 4.24.